The molecule has 4 heteroatoms. The second-order valence-corrected chi connectivity index (χ2v) is 3.15. The Morgan fingerprint density at radius 1 is 1.36 bits per heavy atom. The van der Waals surface area contributed by atoms with E-state index in [-0.39, 0.29) is 31.0 Å². The van der Waals surface area contributed by atoms with Crippen LogP contribution in [-0.4, -0.2) is 15.0 Å². The van der Waals surface area contributed by atoms with Gasteiger partial charge in [-0.3, -0.25) is 0 Å². The van der Waals surface area contributed by atoms with E-state index in [0.717, 1.165) is 24.0 Å². The quantitative estimate of drug-likeness (QED) is 0.615. The van der Waals surface area contributed by atoms with Crippen molar-refractivity contribution < 1.29 is 31.0 Å². The van der Waals surface area contributed by atoms with E-state index in [4.69, 9.17) is 0 Å². The van der Waals surface area contributed by atoms with Crippen molar-refractivity contribution in [3.05, 3.63) is 24.3 Å². The van der Waals surface area contributed by atoms with Gasteiger partial charge in [-0.25, -0.2) is 4.68 Å². The molecular formula is C10H14N3Na. The number of unbranched alkanes of at least 4 members (excludes halogenated alkanes) is 1. The first-order chi connectivity index (χ1) is 6.42. The van der Waals surface area contributed by atoms with Gasteiger partial charge in [0.05, 0.1) is 5.52 Å². The first-order valence-corrected chi connectivity index (χ1v) is 4.70. The third-order valence-electron chi connectivity index (χ3n) is 2.14. The molecule has 0 unspecified atom stereocenters. The summed E-state index contributed by atoms with van der Waals surface area (Å²) in [5.74, 6) is 0. The monoisotopic (exact) mass is 199 g/mol. The van der Waals surface area contributed by atoms with Crippen LogP contribution in [0.2, 0.25) is 0 Å². The average molecular weight is 199 g/mol. The zero-order chi connectivity index (χ0) is 9.10. The zero-order valence-electron chi connectivity index (χ0n) is 9.77. The van der Waals surface area contributed by atoms with Gasteiger partial charge < -0.3 is 1.43 Å². The Labute approximate surface area is 107 Å². The molecule has 1 aromatic heterocycles. The van der Waals surface area contributed by atoms with Gasteiger partial charge in [-0.15, -0.1) is 5.10 Å². The third-order valence-corrected chi connectivity index (χ3v) is 2.14. The van der Waals surface area contributed by atoms with Gasteiger partial charge in [0.1, 0.15) is 5.52 Å². The molecule has 14 heavy (non-hydrogen) atoms. The molecule has 0 spiro atoms. The number of fused-ring (bicyclic) bond motifs is 1. The summed E-state index contributed by atoms with van der Waals surface area (Å²) < 4.78 is 1.97. The van der Waals surface area contributed by atoms with Gasteiger partial charge in [0.15, 0.2) is 0 Å². The summed E-state index contributed by atoms with van der Waals surface area (Å²) in [6.07, 6.45) is 2.35. The summed E-state index contributed by atoms with van der Waals surface area (Å²) in [5, 5.41) is 8.18. The van der Waals surface area contributed by atoms with E-state index in [1.54, 1.807) is 0 Å². The van der Waals surface area contributed by atoms with E-state index in [1.165, 1.54) is 6.42 Å². The van der Waals surface area contributed by atoms with E-state index < -0.39 is 0 Å². The topological polar surface area (TPSA) is 30.7 Å². The predicted octanol–water partition coefficient (Wildman–Crippen LogP) is -0.652. The zero-order valence-corrected chi connectivity index (χ0v) is 10.8. The molecule has 70 valence electrons. The fraction of sp³-hybridized carbons (Fsp3) is 0.400. The summed E-state index contributed by atoms with van der Waals surface area (Å²) in [4.78, 5) is 0. The Hall–Kier alpha value is -0.380. The number of hydrogen-bond acceptors (Lipinski definition) is 2. The second kappa shape index (κ2) is 5.49. The van der Waals surface area contributed by atoms with Gasteiger partial charge in [-0.1, -0.05) is 30.7 Å². The van der Waals surface area contributed by atoms with Crippen LogP contribution in [0.15, 0.2) is 24.3 Å². The number of aryl methyl sites for hydroxylation is 1. The van der Waals surface area contributed by atoms with Crippen LogP contribution in [0, 0.1) is 0 Å². The molecule has 0 atom stereocenters. The van der Waals surface area contributed by atoms with Crippen molar-refractivity contribution >= 4 is 11.0 Å². The standard InChI is InChI=1S/C10H13N3.Na.H/c1-2-3-8-13-10-7-5-4-6-9(10)11-12-13;;/h4-7H,2-3,8H2,1H3;;/q;+1;-1. The first kappa shape index (κ1) is 11.7. The van der Waals surface area contributed by atoms with Gasteiger partial charge in [0, 0.05) is 6.54 Å². The molecule has 2 aromatic rings. The minimum absolute atomic E-state index is 0. The molecular weight excluding hydrogens is 185 g/mol. The Kier molecular flexibility index (Phi) is 4.58. The molecule has 0 saturated heterocycles. The smallest absolute Gasteiger partial charge is 1.00 e. The fourth-order valence-corrected chi connectivity index (χ4v) is 1.39. The Morgan fingerprint density at radius 2 is 2.14 bits per heavy atom. The van der Waals surface area contributed by atoms with Crippen molar-refractivity contribution in [2.24, 2.45) is 0 Å². The van der Waals surface area contributed by atoms with Crippen LogP contribution < -0.4 is 29.6 Å². The second-order valence-electron chi connectivity index (χ2n) is 3.15. The molecule has 2 rings (SSSR count). The Morgan fingerprint density at radius 3 is 2.93 bits per heavy atom. The van der Waals surface area contributed by atoms with Crippen molar-refractivity contribution in [3.63, 3.8) is 0 Å². The number of benzene rings is 1. The minimum Gasteiger partial charge on any atom is -1.00 e. The molecule has 0 radical (unpaired) electrons. The van der Waals surface area contributed by atoms with Crippen molar-refractivity contribution in [1.29, 1.82) is 0 Å². The van der Waals surface area contributed by atoms with E-state index >= 15 is 0 Å². The molecule has 0 bridgehead atoms. The fourth-order valence-electron chi connectivity index (χ4n) is 1.39. The molecule has 0 saturated carbocycles. The van der Waals surface area contributed by atoms with Crippen molar-refractivity contribution in [2.45, 2.75) is 26.3 Å². The largest absolute Gasteiger partial charge is 1.00 e. The maximum absolute atomic E-state index is 4.10. The van der Waals surface area contributed by atoms with E-state index in [2.05, 4.69) is 23.3 Å². The van der Waals surface area contributed by atoms with Gasteiger partial charge in [-0.2, -0.15) is 0 Å². The predicted molar refractivity (Wildman–Crippen MR) is 53.5 cm³/mol. The van der Waals surface area contributed by atoms with Gasteiger partial charge in [0.25, 0.3) is 0 Å². The number of hydrogen-bond donors (Lipinski definition) is 0. The summed E-state index contributed by atoms with van der Waals surface area (Å²) >= 11 is 0. The molecule has 0 aliphatic rings. The maximum Gasteiger partial charge on any atom is 1.00 e. The number of aromatic nitrogens is 3. The van der Waals surface area contributed by atoms with Crippen LogP contribution in [0.1, 0.15) is 21.2 Å². The van der Waals surface area contributed by atoms with Crippen LogP contribution in [0.3, 0.4) is 0 Å². The van der Waals surface area contributed by atoms with Crippen molar-refractivity contribution in [3.8, 4) is 0 Å². The first-order valence-electron chi connectivity index (χ1n) is 4.70. The summed E-state index contributed by atoms with van der Waals surface area (Å²) in [6, 6.07) is 8.06. The van der Waals surface area contributed by atoms with E-state index in [9.17, 15) is 0 Å². The summed E-state index contributed by atoms with van der Waals surface area (Å²) in [7, 11) is 0. The summed E-state index contributed by atoms with van der Waals surface area (Å²) in [5.41, 5.74) is 2.12. The molecule has 0 N–H and O–H groups in total. The maximum atomic E-state index is 4.10. The third kappa shape index (κ3) is 2.35. The van der Waals surface area contributed by atoms with Crippen LogP contribution in [0.25, 0.3) is 11.0 Å². The Bertz CT molecular complexity index is 402. The minimum atomic E-state index is 0. The molecule has 0 aliphatic carbocycles. The van der Waals surface area contributed by atoms with Crippen LogP contribution in [0.5, 0.6) is 0 Å². The number of para-hydroxylation sites is 1. The van der Waals surface area contributed by atoms with Crippen LogP contribution in [-0.2, 0) is 6.54 Å². The van der Waals surface area contributed by atoms with E-state index in [1.807, 2.05) is 22.9 Å². The van der Waals surface area contributed by atoms with Gasteiger partial charge in [-0.05, 0) is 18.6 Å². The number of rotatable bonds is 3. The number of nitrogens with zero attached hydrogens (tertiary/aromatic N) is 3. The molecule has 1 aromatic carbocycles. The SMILES string of the molecule is CCCCn1nnc2ccccc21.[H-].[Na+]. The Balaban J connectivity index is 0.000000980. The van der Waals surface area contributed by atoms with E-state index in [0.29, 0.717) is 0 Å². The van der Waals surface area contributed by atoms with Gasteiger partial charge >= 0.3 is 29.6 Å². The van der Waals surface area contributed by atoms with Crippen LogP contribution >= 0.6 is 0 Å². The molecule has 0 amide bonds. The molecule has 0 fully saturated rings. The van der Waals surface area contributed by atoms with Crippen molar-refractivity contribution in [2.75, 3.05) is 0 Å². The molecule has 1 heterocycles. The molecule has 0 aliphatic heterocycles. The molecule has 3 nitrogen and oxygen atoms in total. The normalized spacial score (nSPS) is 10.1. The van der Waals surface area contributed by atoms with Crippen LogP contribution in [0.4, 0.5) is 0 Å². The van der Waals surface area contributed by atoms with Gasteiger partial charge in [0.2, 0.25) is 0 Å². The average Bonchev–Trinajstić information content (AvgIpc) is 2.58. The van der Waals surface area contributed by atoms with Crippen molar-refractivity contribution in [1.82, 2.24) is 15.0 Å². The summed E-state index contributed by atoms with van der Waals surface area (Å²) in [6.45, 7) is 3.15.